The van der Waals surface area contributed by atoms with Crippen molar-refractivity contribution < 1.29 is 0 Å². The van der Waals surface area contributed by atoms with Crippen LogP contribution < -0.4 is 5.32 Å². The van der Waals surface area contributed by atoms with Crippen LogP contribution >= 0.6 is 11.8 Å². The molecule has 0 spiro atoms. The lowest BCUT2D eigenvalue weighted by atomic mass is 9.92. The molecule has 0 radical (unpaired) electrons. The molecule has 0 amide bonds. The summed E-state index contributed by atoms with van der Waals surface area (Å²) in [5.41, 5.74) is 0.678. The van der Waals surface area contributed by atoms with Gasteiger partial charge in [0.05, 0.1) is 0 Å². The van der Waals surface area contributed by atoms with Gasteiger partial charge in [0.15, 0.2) is 0 Å². The lowest BCUT2D eigenvalue weighted by molar-refractivity contribution is 0.339. The Kier molecular flexibility index (Phi) is 5.32. The maximum absolute atomic E-state index is 3.62. The van der Waals surface area contributed by atoms with Gasteiger partial charge in [0, 0.05) is 6.54 Å². The maximum atomic E-state index is 3.62. The lowest BCUT2D eigenvalue weighted by Crippen LogP contribution is -2.28. The Morgan fingerprint density at radius 2 is 2.07 bits per heavy atom. The van der Waals surface area contributed by atoms with Crippen molar-refractivity contribution in [1.82, 2.24) is 5.32 Å². The molecular formula is C12H25NS. The van der Waals surface area contributed by atoms with Crippen LogP contribution in [0, 0.1) is 11.3 Å². The van der Waals surface area contributed by atoms with Crippen molar-refractivity contribution in [2.45, 2.75) is 40.0 Å². The Labute approximate surface area is 93.4 Å². The zero-order valence-electron chi connectivity index (χ0n) is 9.94. The molecule has 0 atom stereocenters. The highest BCUT2D eigenvalue weighted by molar-refractivity contribution is 7.99. The fourth-order valence-electron chi connectivity index (χ4n) is 1.90. The first kappa shape index (κ1) is 12.4. The smallest absolute Gasteiger partial charge is 0.00103 e. The normalized spacial score (nSPS) is 18.9. The van der Waals surface area contributed by atoms with Crippen LogP contribution in [0.3, 0.4) is 0 Å². The van der Waals surface area contributed by atoms with E-state index in [1.807, 2.05) is 11.8 Å². The van der Waals surface area contributed by atoms with Gasteiger partial charge in [0.2, 0.25) is 0 Å². The third-order valence-electron chi connectivity index (χ3n) is 3.44. The molecule has 1 aliphatic rings. The summed E-state index contributed by atoms with van der Waals surface area (Å²) in [5, 5.41) is 3.62. The molecule has 0 bridgehead atoms. The number of hydrogen-bond donors (Lipinski definition) is 1. The fourth-order valence-corrected chi connectivity index (χ4v) is 2.54. The van der Waals surface area contributed by atoms with Gasteiger partial charge >= 0.3 is 0 Å². The molecule has 1 rings (SSSR count). The van der Waals surface area contributed by atoms with Gasteiger partial charge in [-0.15, -0.1) is 0 Å². The van der Waals surface area contributed by atoms with Gasteiger partial charge in [-0.05, 0) is 48.6 Å². The molecule has 0 aliphatic heterocycles. The van der Waals surface area contributed by atoms with Gasteiger partial charge < -0.3 is 5.32 Å². The van der Waals surface area contributed by atoms with E-state index in [0.29, 0.717) is 5.41 Å². The molecule has 2 heteroatoms. The van der Waals surface area contributed by atoms with Gasteiger partial charge in [-0.2, -0.15) is 11.8 Å². The fraction of sp³-hybridized carbons (Fsp3) is 1.00. The Hall–Kier alpha value is 0.310. The molecule has 1 fully saturated rings. The zero-order chi connectivity index (χ0) is 10.4. The molecule has 1 saturated carbocycles. The summed E-state index contributed by atoms with van der Waals surface area (Å²) in [6, 6.07) is 0. The van der Waals surface area contributed by atoms with E-state index >= 15 is 0 Å². The van der Waals surface area contributed by atoms with E-state index in [9.17, 15) is 0 Å². The highest BCUT2D eigenvalue weighted by Crippen LogP contribution is 2.51. The second-order valence-corrected chi connectivity index (χ2v) is 6.14. The van der Waals surface area contributed by atoms with Crippen molar-refractivity contribution in [3.8, 4) is 0 Å². The zero-order valence-corrected chi connectivity index (χ0v) is 10.8. The van der Waals surface area contributed by atoms with Crippen LogP contribution in [0.1, 0.15) is 40.0 Å². The van der Waals surface area contributed by atoms with Crippen molar-refractivity contribution in [3.05, 3.63) is 0 Å². The maximum Gasteiger partial charge on any atom is 0.00103 e. The SMILES string of the molecule is CCSCCCNCC1(C(C)C)CC1. The number of hydrogen-bond acceptors (Lipinski definition) is 2. The first-order valence-electron chi connectivity index (χ1n) is 6.00. The Balaban J connectivity index is 1.94. The summed E-state index contributed by atoms with van der Waals surface area (Å²) in [6.07, 6.45) is 4.22. The highest BCUT2D eigenvalue weighted by Gasteiger charge is 2.44. The molecule has 1 N–H and O–H groups in total. The van der Waals surface area contributed by atoms with E-state index in [1.54, 1.807) is 0 Å². The van der Waals surface area contributed by atoms with E-state index in [0.717, 1.165) is 5.92 Å². The van der Waals surface area contributed by atoms with Gasteiger partial charge in [-0.25, -0.2) is 0 Å². The Morgan fingerprint density at radius 1 is 1.36 bits per heavy atom. The van der Waals surface area contributed by atoms with Crippen molar-refractivity contribution in [3.63, 3.8) is 0 Å². The molecule has 0 saturated heterocycles. The van der Waals surface area contributed by atoms with Gasteiger partial charge in [-0.3, -0.25) is 0 Å². The van der Waals surface area contributed by atoms with E-state index in [2.05, 4.69) is 26.1 Å². The Morgan fingerprint density at radius 3 is 2.57 bits per heavy atom. The number of nitrogens with one attached hydrogen (secondary N) is 1. The largest absolute Gasteiger partial charge is 0.316 e. The van der Waals surface area contributed by atoms with E-state index in [4.69, 9.17) is 0 Å². The average Bonchev–Trinajstić information content (AvgIpc) is 2.92. The van der Waals surface area contributed by atoms with Crippen molar-refractivity contribution in [2.24, 2.45) is 11.3 Å². The minimum absolute atomic E-state index is 0.678. The van der Waals surface area contributed by atoms with Gasteiger partial charge in [0.1, 0.15) is 0 Å². The topological polar surface area (TPSA) is 12.0 Å². The third-order valence-corrected chi connectivity index (χ3v) is 4.43. The summed E-state index contributed by atoms with van der Waals surface area (Å²) in [5.74, 6) is 3.44. The van der Waals surface area contributed by atoms with E-state index < -0.39 is 0 Å². The van der Waals surface area contributed by atoms with Crippen molar-refractivity contribution in [1.29, 1.82) is 0 Å². The van der Waals surface area contributed by atoms with Crippen LogP contribution in [0.4, 0.5) is 0 Å². The predicted molar refractivity (Wildman–Crippen MR) is 67.0 cm³/mol. The minimum Gasteiger partial charge on any atom is -0.316 e. The highest BCUT2D eigenvalue weighted by atomic mass is 32.2. The Bertz CT molecular complexity index is 152. The number of rotatable bonds is 8. The standard InChI is InChI=1S/C12H25NS/c1-4-14-9-5-8-13-10-12(6-7-12)11(2)3/h11,13H,4-10H2,1-3H3. The molecule has 1 aliphatic carbocycles. The summed E-state index contributed by atoms with van der Waals surface area (Å²) in [4.78, 5) is 0. The first-order valence-corrected chi connectivity index (χ1v) is 7.15. The second-order valence-electron chi connectivity index (χ2n) is 4.74. The van der Waals surface area contributed by atoms with Crippen LogP contribution in [0.15, 0.2) is 0 Å². The van der Waals surface area contributed by atoms with E-state index in [1.165, 1.54) is 43.9 Å². The molecular weight excluding hydrogens is 190 g/mol. The third kappa shape index (κ3) is 3.82. The van der Waals surface area contributed by atoms with Crippen molar-refractivity contribution >= 4 is 11.8 Å². The molecule has 84 valence electrons. The minimum atomic E-state index is 0.678. The first-order chi connectivity index (χ1) is 6.71. The molecule has 0 aromatic carbocycles. The summed E-state index contributed by atoms with van der Waals surface area (Å²) in [7, 11) is 0. The summed E-state index contributed by atoms with van der Waals surface area (Å²) in [6.45, 7) is 9.42. The van der Waals surface area contributed by atoms with Gasteiger partial charge in [-0.1, -0.05) is 20.8 Å². The monoisotopic (exact) mass is 215 g/mol. The van der Waals surface area contributed by atoms with Crippen LogP contribution in [-0.4, -0.2) is 24.6 Å². The van der Waals surface area contributed by atoms with Crippen LogP contribution in [0.25, 0.3) is 0 Å². The van der Waals surface area contributed by atoms with Crippen LogP contribution in [0.5, 0.6) is 0 Å². The molecule has 14 heavy (non-hydrogen) atoms. The lowest BCUT2D eigenvalue weighted by Gasteiger charge is -2.19. The summed E-state index contributed by atoms with van der Waals surface area (Å²) < 4.78 is 0. The predicted octanol–water partition coefficient (Wildman–Crippen LogP) is 3.16. The van der Waals surface area contributed by atoms with Gasteiger partial charge in [0.25, 0.3) is 0 Å². The van der Waals surface area contributed by atoms with Crippen molar-refractivity contribution in [2.75, 3.05) is 24.6 Å². The molecule has 1 nitrogen and oxygen atoms in total. The molecule has 0 heterocycles. The van der Waals surface area contributed by atoms with Crippen LogP contribution in [-0.2, 0) is 0 Å². The van der Waals surface area contributed by atoms with E-state index in [-0.39, 0.29) is 0 Å². The quantitative estimate of drug-likeness (QED) is 0.624. The van der Waals surface area contributed by atoms with Crippen LogP contribution in [0.2, 0.25) is 0 Å². The number of thioether (sulfide) groups is 1. The second kappa shape index (κ2) is 6.02. The molecule has 0 aromatic rings. The molecule has 0 aromatic heterocycles. The summed E-state index contributed by atoms with van der Waals surface area (Å²) >= 11 is 2.05. The molecule has 0 unspecified atom stereocenters. The average molecular weight is 215 g/mol.